The molecule has 0 radical (unpaired) electrons. The number of hydrogen-bond donors (Lipinski definition) is 1. The number of aliphatic imine (C=N–C) groups is 1. The molecule has 2 aliphatic heterocycles. The van der Waals surface area contributed by atoms with E-state index in [-0.39, 0.29) is 11.4 Å². The van der Waals surface area contributed by atoms with Crippen LogP contribution in [0.15, 0.2) is 56.5 Å². The largest absolute Gasteiger partial charge is 0.465 e. The predicted octanol–water partition coefficient (Wildman–Crippen LogP) is 3.76. The van der Waals surface area contributed by atoms with Gasteiger partial charge in [-0.1, -0.05) is 19.1 Å². The van der Waals surface area contributed by atoms with Gasteiger partial charge < -0.3 is 9.15 Å². The predicted molar refractivity (Wildman–Crippen MR) is 111 cm³/mol. The van der Waals surface area contributed by atoms with Gasteiger partial charge in [-0.3, -0.25) is 10.2 Å². The van der Waals surface area contributed by atoms with Crippen LogP contribution in [0.3, 0.4) is 0 Å². The molecule has 1 aromatic heterocycles. The minimum absolute atomic E-state index is 0.0312. The highest BCUT2D eigenvalue weighted by molar-refractivity contribution is 8.26. The molecule has 3 heterocycles. The zero-order chi connectivity index (χ0) is 20.5. The zero-order valence-electron chi connectivity index (χ0n) is 15.6. The summed E-state index contributed by atoms with van der Waals surface area (Å²) in [7, 11) is 1.33. The number of hydrogen-bond acceptors (Lipinski definition) is 7. The van der Waals surface area contributed by atoms with E-state index in [0.29, 0.717) is 28.7 Å². The Kier molecular flexibility index (Phi) is 4.89. The van der Waals surface area contributed by atoms with Crippen molar-refractivity contribution in [2.75, 3.05) is 7.11 Å². The molecule has 146 valence electrons. The number of benzene rings is 1. The highest BCUT2D eigenvalue weighted by atomic mass is 32.2. The number of carbonyl (C=O) groups excluding carboxylic acids is 2. The summed E-state index contributed by atoms with van der Waals surface area (Å²) in [5.74, 6) is 0.0354. The molecule has 0 saturated carbocycles. The van der Waals surface area contributed by atoms with E-state index in [1.54, 1.807) is 36.4 Å². The Labute approximate surface area is 170 Å². The Morgan fingerprint density at radius 2 is 2.03 bits per heavy atom. The summed E-state index contributed by atoms with van der Waals surface area (Å²) in [4.78, 5) is 27.9. The van der Waals surface area contributed by atoms with Crippen LogP contribution >= 0.6 is 11.8 Å². The fourth-order valence-corrected chi connectivity index (χ4v) is 3.62. The summed E-state index contributed by atoms with van der Waals surface area (Å²) in [5, 5.41) is 15.2. The first-order valence-electron chi connectivity index (χ1n) is 8.78. The van der Waals surface area contributed by atoms with Gasteiger partial charge in [0.25, 0.3) is 5.91 Å². The Bertz CT molecular complexity index is 1110. The van der Waals surface area contributed by atoms with Gasteiger partial charge in [0.2, 0.25) is 5.17 Å². The lowest BCUT2D eigenvalue weighted by Crippen LogP contribution is -2.35. The molecule has 8 nitrogen and oxygen atoms in total. The number of furan rings is 1. The molecule has 2 aliphatic rings. The number of amides is 1. The second kappa shape index (κ2) is 7.51. The normalized spacial score (nSPS) is 17.3. The maximum Gasteiger partial charge on any atom is 0.337 e. The van der Waals surface area contributed by atoms with Crippen molar-refractivity contribution in [1.82, 2.24) is 5.01 Å². The number of nitrogens with zero attached hydrogens (tertiary/aromatic N) is 3. The summed E-state index contributed by atoms with van der Waals surface area (Å²) in [5.41, 5.74) is 1.31. The smallest absolute Gasteiger partial charge is 0.337 e. The Morgan fingerprint density at radius 3 is 2.72 bits per heavy atom. The van der Waals surface area contributed by atoms with Gasteiger partial charge in [-0.05, 0) is 48.5 Å². The van der Waals surface area contributed by atoms with E-state index in [1.807, 2.05) is 6.92 Å². The molecule has 0 unspecified atom stereocenters. The van der Waals surface area contributed by atoms with E-state index in [1.165, 1.54) is 30.0 Å². The van der Waals surface area contributed by atoms with E-state index in [2.05, 4.69) is 14.8 Å². The average molecular weight is 408 g/mol. The van der Waals surface area contributed by atoms with Gasteiger partial charge in [0.15, 0.2) is 5.84 Å². The fraction of sp³-hybridized carbons (Fsp3) is 0.150. The Hall–Kier alpha value is -3.46. The van der Waals surface area contributed by atoms with Crippen LogP contribution in [-0.4, -0.2) is 40.0 Å². The number of amidine groups is 2. The van der Waals surface area contributed by atoms with Crippen molar-refractivity contribution < 1.29 is 18.7 Å². The van der Waals surface area contributed by atoms with Crippen molar-refractivity contribution in [3.05, 3.63) is 53.3 Å². The van der Waals surface area contributed by atoms with Crippen molar-refractivity contribution in [3.63, 3.8) is 0 Å². The summed E-state index contributed by atoms with van der Waals surface area (Å²) in [6.07, 6.45) is 2.19. The maximum absolute atomic E-state index is 12.4. The number of methoxy groups -OCH3 is 1. The number of hydrazone groups is 1. The number of esters is 1. The van der Waals surface area contributed by atoms with Crippen LogP contribution in [0.2, 0.25) is 0 Å². The van der Waals surface area contributed by atoms with Crippen molar-refractivity contribution in [2.24, 2.45) is 10.1 Å². The number of thioether (sulfide) groups is 1. The number of carbonyl (C=O) groups is 2. The monoisotopic (exact) mass is 408 g/mol. The van der Waals surface area contributed by atoms with Crippen LogP contribution in [0.5, 0.6) is 0 Å². The van der Waals surface area contributed by atoms with E-state index in [0.717, 1.165) is 10.6 Å². The first kappa shape index (κ1) is 18.9. The molecule has 4 rings (SSSR count). The quantitative estimate of drug-likeness (QED) is 0.609. The third-order valence-electron chi connectivity index (χ3n) is 4.30. The maximum atomic E-state index is 12.4. The molecular formula is C20H16N4O4S. The van der Waals surface area contributed by atoms with Crippen LogP contribution in [0.25, 0.3) is 17.4 Å². The Morgan fingerprint density at radius 1 is 1.28 bits per heavy atom. The third kappa shape index (κ3) is 3.52. The second-order valence-electron chi connectivity index (χ2n) is 6.14. The van der Waals surface area contributed by atoms with E-state index in [9.17, 15) is 9.59 Å². The van der Waals surface area contributed by atoms with Crippen molar-refractivity contribution in [3.8, 4) is 11.3 Å². The molecule has 1 N–H and O–H groups in total. The number of fused-ring (bicyclic) bond motifs is 1. The average Bonchev–Trinajstić information content (AvgIpc) is 3.37. The molecule has 0 atom stereocenters. The van der Waals surface area contributed by atoms with Gasteiger partial charge in [-0.2, -0.15) is 15.1 Å². The van der Waals surface area contributed by atoms with Gasteiger partial charge in [0, 0.05) is 5.56 Å². The van der Waals surface area contributed by atoms with Gasteiger partial charge in [0.05, 0.1) is 18.2 Å². The van der Waals surface area contributed by atoms with Gasteiger partial charge in [-0.15, -0.1) is 0 Å². The molecule has 0 bridgehead atoms. The van der Waals surface area contributed by atoms with E-state index < -0.39 is 11.9 Å². The van der Waals surface area contributed by atoms with E-state index in [4.69, 9.17) is 9.83 Å². The molecule has 1 amide bonds. The van der Waals surface area contributed by atoms with Gasteiger partial charge in [0.1, 0.15) is 16.6 Å². The van der Waals surface area contributed by atoms with Crippen LogP contribution in [0, 0.1) is 5.41 Å². The minimum atomic E-state index is -0.498. The molecule has 1 aromatic carbocycles. The zero-order valence-corrected chi connectivity index (χ0v) is 16.4. The van der Waals surface area contributed by atoms with Gasteiger partial charge >= 0.3 is 5.97 Å². The van der Waals surface area contributed by atoms with Crippen LogP contribution in [0.1, 0.15) is 29.5 Å². The molecule has 0 saturated heterocycles. The molecular weight excluding hydrogens is 392 g/mol. The molecule has 0 fully saturated rings. The van der Waals surface area contributed by atoms with Crippen molar-refractivity contribution in [2.45, 2.75) is 13.3 Å². The Balaban J connectivity index is 1.59. The van der Waals surface area contributed by atoms with Crippen LogP contribution < -0.4 is 0 Å². The summed E-state index contributed by atoms with van der Waals surface area (Å²) >= 11 is 1.30. The SMILES string of the molecule is CCC1=NN2C(=N)/C(=C\c3ccc(-c4ccc(C(=O)OC)cc4)o3)C(=O)N=C2S1. The van der Waals surface area contributed by atoms with Crippen molar-refractivity contribution in [1.29, 1.82) is 5.41 Å². The van der Waals surface area contributed by atoms with Crippen LogP contribution in [0.4, 0.5) is 0 Å². The molecule has 0 spiro atoms. The first-order chi connectivity index (χ1) is 14.0. The lowest BCUT2D eigenvalue weighted by atomic mass is 10.1. The third-order valence-corrected chi connectivity index (χ3v) is 5.36. The number of nitrogens with one attached hydrogen (secondary N) is 1. The minimum Gasteiger partial charge on any atom is -0.465 e. The summed E-state index contributed by atoms with van der Waals surface area (Å²) in [6.45, 7) is 1.95. The summed E-state index contributed by atoms with van der Waals surface area (Å²) in [6, 6.07) is 10.2. The van der Waals surface area contributed by atoms with Crippen LogP contribution in [-0.2, 0) is 9.53 Å². The summed E-state index contributed by atoms with van der Waals surface area (Å²) < 4.78 is 10.5. The lowest BCUT2D eigenvalue weighted by molar-refractivity contribution is -0.114. The number of ether oxygens (including phenoxy) is 1. The fourth-order valence-electron chi connectivity index (χ4n) is 2.79. The van der Waals surface area contributed by atoms with Gasteiger partial charge in [-0.25, -0.2) is 4.79 Å². The second-order valence-corrected chi connectivity index (χ2v) is 7.18. The topological polar surface area (TPSA) is 108 Å². The molecule has 2 aromatic rings. The highest BCUT2D eigenvalue weighted by Gasteiger charge is 2.35. The van der Waals surface area contributed by atoms with E-state index >= 15 is 0 Å². The lowest BCUT2D eigenvalue weighted by Gasteiger charge is -2.19. The molecule has 0 aliphatic carbocycles. The standard InChI is InChI=1S/C20H16N4O4S/c1-3-16-23-24-17(21)14(18(25)22-20(24)29-16)10-13-8-9-15(28-13)11-4-6-12(7-5-11)19(26)27-2/h4-10,21H,3H2,1-2H3/b14-10+,21-17?. The first-order valence-corrected chi connectivity index (χ1v) is 9.59. The molecule has 9 heteroatoms. The number of rotatable bonds is 4. The molecule has 29 heavy (non-hydrogen) atoms. The van der Waals surface area contributed by atoms with Crippen molar-refractivity contribution >= 4 is 45.8 Å². The highest BCUT2D eigenvalue weighted by Crippen LogP contribution is 2.30.